The molecule has 0 aromatic heterocycles. The highest BCUT2D eigenvalue weighted by atomic mass is 31.2. The van der Waals surface area contributed by atoms with Crippen LogP contribution in [0.25, 0.3) is 11.1 Å². The Labute approximate surface area is 184 Å². The van der Waals surface area contributed by atoms with E-state index in [9.17, 15) is 8.96 Å². The van der Waals surface area contributed by atoms with Crippen LogP contribution in [-0.4, -0.2) is 0 Å². The lowest BCUT2D eigenvalue weighted by molar-refractivity contribution is 0.586. The van der Waals surface area contributed by atoms with Crippen molar-refractivity contribution in [2.24, 2.45) is 0 Å². The van der Waals surface area contributed by atoms with Crippen LogP contribution in [0.15, 0.2) is 91.0 Å². The topological polar surface area (TPSA) is 17.1 Å². The molecule has 0 aliphatic heterocycles. The fraction of sp³-hybridized carbons (Fsp3) is 0.143. The summed E-state index contributed by atoms with van der Waals surface area (Å²) in [6.07, 6.45) is 0.416. The van der Waals surface area contributed by atoms with Crippen molar-refractivity contribution in [1.82, 2.24) is 0 Å². The maximum Gasteiger partial charge on any atom is 0.147 e. The predicted molar refractivity (Wildman–Crippen MR) is 130 cm³/mol. The summed E-state index contributed by atoms with van der Waals surface area (Å²) < 4.78 is 28.6. The third-order valence-corrected chi connectivity index (χ3v) is 8.84. The van der Waals surface area contributed by atoms with Crippen molar-refractivity contribution in [3.05, 3.63) is 119 Å². The summed E-state index contributed by atoms with van der Waals surface area (Å²) in [6.45, 7) is 5.91. The van der Waals surface area contributed by atoms with Crippen molar-refractivity contribution >= 4 is 17.8 Å². The molecule has 0 saturated carbocycles. The van der Waals surface area contributed by atoms with E-state index < -0.39 is 7.14 Å². The molecule has 3 heteroatoms. The Morgan fingerprint density at radius 3 is 1.84 bits per heavy atom. The summed E-state index contributed by atoms with van der Waals surface area (Å²) in [5.41, 5.74) is 5.86. The maximum absolute atomic E-state index is 14.7. The molecule has 4 aromatic carbocycles. The van der Waals surface area contributed by atoms with Gasteiger partial charge in [-0.2, -0.15) is 0 Å². The molecule has 156 valence electrons. The van der Waals surface area contributed by atoms with E-state index in [4.69, 9.17) is 0 Å². The lowest BCUT2D eigenvalue weighted by Crippen LogP contribution is -2.18. The zero-order valence-corrected chi connectivity index (χ0v) is 19.0. The molecule has 0 bridgehead atoms. The first kappa shape index (κ1) is 21.3. The standard InChI is InChI=1S/C28H26FOP/c1-20-16-21(2)27(26(17-20)23-14-15-28(29)22(3)18-23)19-31(30,24-10-6-4-7-11-24)25-12-8-5-9-13-25/h4-18H,19H2,1-3H3. The molecule has 31 heavy (non-hydrogen) atoms. The van der Waals surface area contributed by atoms with Gasteiger partial charge < -0.3 is 4.57 Å². The Bertz CT molecular complexity index is 1220. The van der Waals surface area contributed by atoms with Gasteiger partial charge in [0.1, 0.15) is 13.0 Å². The number of halogens is 1. The molecule has 4 rings (SSSR count). The summed E-state index contributed by atoms with van der Waals surface area (Å²) in [5, 5.41) is 1.70. The van der Waals surface area contributed by atoms with E-state index in [1.165, 1.54) is 6.07 Å². The van der Waals surface area contributed by atoms with Gasteiger partial charge in [-0.3, -0.25) is 0 Å². The Morgan fingerprint density at radius 1 is 0.710 bits per heavy atom. The lowest BCUT2D eigenvalue weighted by atomic mass is 9.94. The fourth-order valence-electron chi connectivity index (χ4n) is 4.17. The Morgan fingerprint density at radius 2 is 1.29 bits per heavy atom. The molecule has 0 heterocycles. The van der Waals surface area contributed by atoms with Gasteiger partial charge >= 0.3 is 0 Å². The Kier molecular flexibility index (Phi) is 5.94. The van der Waals surface area contributed by atoms with Crippen molar-refractivity contribution in [2.75, 3.05) is 0 Å². The molecule has 0 aliphatic carbocycles. The number of hydrogen-bond acceptors (Lipinski definition) is 1. The summed E-state index contributed by atoms with van der Waals surface area (Å²) >= 11 is 0. The minimum atomic E-state index is -2.93. The molecule has 0 saturated heterocycles. The van der Waals surface area contributed by atoms with E-state index in [1.54, 1.807) is 6.92 Å². The minimum Gasteiger partial charge on any atom is -0.313 e. The summed E-state index contributed by atoms with van der Waals surface area (Å²) in [7, 11) is -2.93. The molecular formula is C28H26FOP. The lowest BCUT2D eigenvalue weighted by Gasteiger charge is -2.23. The third-order valence-electron chi connectivity index (χ3n) is 5.81. The van der Waals surface area contributed by atoms with Gasteiger partial charge in [0, 0.05) is 16.8 Å². The minimum absolute atomic E-state index is 0.214. The average Bonchev–Trinajstić information content (AvgIpc) is 2.78. The monoisotopic (exact) mass is 428 g/mol. The highest BCUT2D eigenvalue weighted by Gasteiger charge is 2.29. The van der Waals surface area contributed by atoms with Crippen LogP contribution in [-0.2, 0) is 10.7 Å². The molecule has 4 aromatic rings. The molecule has 1 nitrogen and oxygen atoms in total. The normalized spacial score (nSPS) is 11.5. The molecule has 0 aliphatic rings. The van der Waals surface area contributed by atoms with Gasteiger partial charge in [-0.15, -0.1) is 0 Å². The SMILES string of the molecule is Cc1cc(C)c(CP(=O)(c2ccccc2)c2ccccc2)c(-c2ccc(F)c(C)c2)c1. The molecule has 0 radical (unpaired) electrons. The first-order valence-corrected chi connectivity index (χ1v) is 12.3. The van der Waals surface area contributed by atoms with Crippen molar-refractivity contribution < 1.29 is 8.96 Å². The summed E-state index contributed by atoms with van der Waals surface area (Å²) in [4.78, 5) is 0. The van der Waals surface area contributed by atoms with Gasteiger partial charge in [-0.25, -0.2) is 4.39 Å². The molecular weight excluding hydrogens is 402 g/mol. The predicted octanol–water partition coefficient (Wildman–Crippen LogP) is 6.93. The van der Waals surface area contributed by atoms with Gasteiger partial charge in [-0.05, 0) is 60.7 Å². The second kappa shape index (κ2) is 8.65. The molecule has 0 N–H and O–H groups in total. The van der Waals surface area contributed by atoms with Crippen molar-refractivity contribution in [2.45, 2.75) is 26.9 Å². The van der Waals surface area contributed by atoms with E-state index in [0.717, 1.165) is 38.4 Å². The van der Waals surface area contributed by atoms with Crippen LogP contribution in [0.2, 0.25) is 0 Å². The second-order valence-electron chi connectivity index (χ2n) is 8.14. The summed E-state index contributed by atoms with van der Waals surface area (Å²) in [6, 6.07) is 29.0. The van der Waals surface area contributed by atoms with Crippen LogP contribution in [0.4, 0.5) is 4.39 Å². The number of hydrogen-bond donors (Lipinski definition) is 0. The van der Waals surface area contributed by atoms with Gasteiger partial charge in [0.05, 0.1) is 0 Å². The van der Waals surface area contributed by atoms with Gasteiger partial charge in [0.15, 0.2) is 0 Å². The van der Waals surface area contributed by atoms with Crippen LogP contribution in [0.3, 0.4) is 0 Å². The smallest absolute Gasteiger partial charge is 0.147 e. The highest BCUT2D eigenvalue weighted by molar-refractivity contribution is 7.78. The van der Waals surface area contributed by atoms with Crippen LogP contribution < -0.4 is 10.6 Å². The second-order valence-corrected chi connectivity index (χ2v) is 11.0. The molecule has 0 fully saturated rings. The quantitative estimate of drug-likeness (QED) is 0.315. The fourth-order valence-corrected chi connectivity index (χ4v) is 7.00. The van der Waals surface area contributed by atoms with Crippen LogP contribution in [0.1, 0.15) is 22.3 Å². The first-order valence-electron chi connectivity index (χ1n) is 10.5. The Hall–Kier alpha value is -2.96. The van der Waals surface area contributed by atoms with Gasteiger partial charge in [0.25, 0.3) is 0 Å². The highest BCUT2D eigenvalue weighted by Crippen LogP contribution is 2.49. The summed E-state index contributed by atoms with van der Waals surface area (Å²) in [5.74, 6) is -0.214. The van der Waals surface area contributed by atoms with E-state index in [0.29, 0.717) is 11.7 Å². The van der Waals surface area contributed by atoms with Crippen molar-refractivity contribution in [1.29, 1.82) is 0 Å². The van der Waals surface area contributed by atoms with Crippen LogP contribution in [0.5, 0.6) is 0 Å². The van der Waals surface area contributed by atoms with E-state index in [2.05, 4.69) is 26.0 Å². The maximum atomic E-state index is 14.7. The largest absolute Gasteiger partial charge is 0.313 e. The van der Waals surface area contributed by atoms with Crippen LogP contribution in [0, 0.1) is 26.6 Å². The van der Waals surface area contributed by atoms with Crippen molar-refractivity contribution in [3.63, 3.8) is 0 Å². The van der Waals surface area contributed by atoms with Gasteiger partial charge in [0.2, 0.25) is 0 Å². The number of aryl methyl sites for hydroxylation is 3. The molecule has 0 atom stereocenters. The first-order chi connectivity index (χ1) is 14.9. The average molecular weight is 428 g/mol. The zero-order valence-electron chi connectivity index (χ0n) is 18.1. The molecule has 0 unspecified atom stereocenters. The number of rotatable bonds is 5. The Balaban J connectivity index is 1.92. The van der Waals surface area contributed by atoms with Crippen LogP contribution >= 0.6 is 7.14 Å². The molecule has 0 amide bonds. The van der Waals surface area contributed by atoms with Crippen molar-refractivity contribution in [3.8, 4) is 11.1 Å². The van der Waals surface area contributed by atoms with E-state index >= 15 is 0 Å². The van der Waals surface area contributed by atoms with Gasteiger partial charge in [-0.1, -0.05) is 84.4 Å². The third kappa shape index (κ3) is 4.27. The molecule has 0 spiro atoms. The van der Waals surface area contributed by atoms with E-state index in [-0.39, 0.29) is 5.82 Å². The number of benzene rings is 4. The zero-order chi connectivity index (χ0) is 22.0. The van der Waals surface area contributed by atoms with E-state index in [1.807, 2.05) is 72.8 Å².